The van der Waals surface area contributed by atoms with Crippen LogP contribution in [0.5, 0.6) is 0 Å². The van der Waals surface area contributed by atoms with Gasteiger partial charge in [-0.1, -0.05) is 63.8 Å². The van der Waals surface area contributed by atoms with Crippen molar-refractivity contribution in [2.75, 3.05) is 46.6 Å². The third-order valence-corrected chi connectivity index (χ3v) is 4.37. The van der Waals surface area contributed by atoms with Gasteiger partial charge in [-0.2, -0.15) is 0 Å². The van der Waals surface area contributed by atoms with Gasteiger partial charge in [0.2, 0.25) is 0 Å². The first kappa shape index (κ1) is 42.9. The van der Waals surface area contributed by atoms with Gasteiger partial charge in [-0.05, 0) is 26.7 Å². The molecule has 1 fully saturated rings. The Morgan fingerprint density at radius 1 is 0.912 bits per heavy atom. The van der Waals surface area contributed by atoms with Gasteiger partial charge in [-0.3, -0.25) is 14.5 Å². The van der Waals surface area contributed by atoms with Gasteiger partial charge in [0.15, 0.2) is 0 Å². The average molecular weight is 496 g/mol. The van der Waals surface area contributed by atoms with Crippen LogP contribution in [0.25, 0.3) is 0 Å². The number of hydrogen-bond donors (Lipinski definition) is 2. The van der Waals surface area contributed by atoms with Gasteiger partial charge in [0, 0.05) is 31.2 Å². The van der Waals surface area contributed by atoms with Gasteiger partial charge in [0.05, 0.1) is 33.5 Å². The first-order chi connectivity index (χ1) is 14.5. The molecule has 1 atom stereocenters. The fourth-order valence-electron chi connectivity index (χ4n) is 2.61. The Morgan fingerprint density at radius 2 is 1.41 bits per heavy atom. The average Bonchev–Trinajstić information content (AvgIpc) is 2.71. The highest BCUT2D eigenvalue weighted by Gasteiger charge is 2.22. The smallest absolute Gasteiger partial charge is 0.323 e. The minimum absolute atomic E-state index is 0. The molecule has 1 saturated heterocycles. The van der Waals surface area contributed by atoms with E-state index < -0.39 is 0 Å². The van der Waals surface area contributed by atoms with Crippen LogP contribution in [0.2, 0.25) is 0 Å². The minimum atomic E-state index is -0.185. The Kier molecular flexibility index (Phi) is 33.3. The predicted molar refractivity (Wildman–Crippen MR) is 146 cm³/mol. The molecule has 0 bridgehead atoms. The van der Waals surface area contributed by atoms with Crippen LogP contribution in [0.15, 0.2) is 0 Å². The topological polar surface area (TPSA) is 89.1 Å². The molecule has 8 nitrogen and oxygen atoms in total. The van der Waals surface area contributed by atoms with E-state index in [1.807, 2.05) is 41.5 Å². The summed E-state index contributed by atoms with van der Waals surface area (Å²) < 4.78 is 14.6. The van der Waals surface area contributed by atoms with Crippen LogP contribution in [0, 0.1) is 5.92 Å². The summed E-state index contributed by atoms with van der Waals surface area (Å²) in [5.41, 5.74) is 0. The number of carbonyl (C=O) groups is 2. The number of nitrogens with zero attached hydrogens (tertiary/aromatic N) is 1. The lowest BCUT2D eigenvalue weighted by Crippen LogP contribution is -2.45. The molecule has 1 heterocycles. The van der Waals surface area contributed by atoms with Gasteiger partial charge in [0.1, 0.15) is 6.04 Å². The Morgan fingerprint density at radius 3 is 1.71 bits per heavy atom. The molecule has 2 N–H and O–H groups in total. The number of esters is 2. The van der Waals surface area contributed by atoms with Crippen molar-refractivity contribution in [3.05, 3.63) is 0 Å². The van der Waals surface area contributed by atoms with Crippen LogP contribution in [-0.2, 0) is 23.8 Å². The van der Waals surface area contributed by atoms with Crippen LogP contribution in [0.3, 0.4) is 0 Å². The van der Waals surface area contributed by atoms with E-state index in [1.165, 1.54) is 7.11 Å². The molecule has 0 spiro atoms. The molecule has 8 heteroatoms. The van der Waals surface area contributed by atoms with E-state index in [2.05, 4.69) is 34.1 Å². The SMILES string of the molecule is C.C.C.CC(C)N1CCOCC1.CCOC(=O)CNC(C)C.COC(=O)[C@@H](NC(C)C)C(C)C. The highest BCUT2D eigenvalue weighted by molar-refractivity contribution is 5.75. The van der Waals surface area contributed by atoms with Gasteiger partial charge in [-0.25, -0.2) is 0 Å². The number of hydrogen-bond acceptors (Lipinski definition) is 8. The summed E-state index contributed by atoms with van der Waals surface area (Å²) in [7, 11) is 1.42. The maximum Gasteiger partial charge on any atom is 0.323 e. The Balaban J connectivity index is -0.000000119. The Labute approximate surface area is 212 Å². The van der Waals surface area contributed by atoms with E-state index in [-0.39, 0.29) is 46.2 Å². The normalized spacial score (nSPS) is 13.8. The first-order valence-electron chi connectivity index (χ1n) is 11.5. The second-order valence-electron chi connectivity index (χ2n) is 8.65. The second kappa shape index (κ2) is 26.4. The molecule has 0 aromatic heterocycles. The van der Waals surface area contributed by atoms with E-state index in [0.29, 0.717) is 31.3 Å². The van der Waals surface area contributed by atoms with Gasteiger partial charge in [-0.15, -0.1) is 0 Å². The van der Waals surface area contributed by atoms with Crippen molar-refractivity contribution in [2.45, 2.75) is 109 Å². The van der Waals surface area contributed by atoms with Crippen LogP contribution >= 0.6 is 0 Å². The lowest BCUT2D eigenvalue weighted by Gasteiger charge is -2.29. The van der Waals surface area contributed by atoms with E-state index in [0.717, 1.165) is 26.3 Å². The number of morpholine rings is 1. The maximum atomic E-state index is 11.2. The van der Waals surface area contributed by atoms with E-state index in [4.69, 9.17) is 9.47 Å². The van der Waals surface area contributed by atoms with Crippen LogP contribution < -0.4 is 10.6 Å². The molecule has 210 valence electrons. The predicted octanol–water partition coefficient (Wildman–Crippen LogP) is 4.36. The molecular weight excluding hydrogens is 434 g/mol. The van der Waals surface area contributed by atoms with Gasteiger partial charge in [0.25, 0.3) is 0 Å². The summed E-state index contributed by atoms with van der Waals surface area (Å²) in [4.78, 5) is 24.3. The molecule has 1 aliphatic rings. The molecule has 34 heavy (non-hydrogen) atoms. The van der Waals surface area contributed by atoms with Crippen LogP contribution in [0.1, 0.15) is 84.6 Å². The molecule has 0 amide bonds. The Hall–Kier alpha value is -1.22. The quantitative estimate of drug-likeness (QED) is 0.456. The summed E-state index contributed by atoms with van der Waals surface area (Å²) in [6, 6.07) is 1.14. The monoisotopic (exact) mass is 495 g/mol. The van der Waals surface area contributed by atoms with Crippen molar-refractivity contribution in [3.63, 3.8) is 0 Å². The third-order valence-electron chi connectivity index (χ3n) is 4.37. The molecule has 0 radical (unpaired) electrons. The molecule has 0 aromatic rings. The van der Waals surface area contributed by atoms with E-state index in [9.17, 15) is 9.59 Å². The number of carbonyl (C=O) groups excluding carboxylic acids is 2. The lowest BCUT2D eigenvalue weighted by atomic mass is 10.0. The second-order valence-corrected chi connectivity index (χ2v) is 8.65. The summed E-state index contributed by atoms with van der Waals surface area (Å²) in [5.74, 6) is -0.102. The standard InChI is InChI=1S/C9H19NO2.C7H15NO2.C7H15NO.3CH4/c1-6(2)8(9(11)12-5)10-7(3)4;1-4-10-7(9)5-8-6(2)3;1-7(2)8-3-5-9-6-4-8;;;/h6-8,10H,1-5H3;6,8H,4-5H2,1-3H3;7H,3-6H2,1-2H3;3*1H4/t8-;;;;;/m0...../s1. The zero-order valence-corrected chi connectivity index (χ0v) is 21.6. The van der Waals surface area contributed by atoms with Crippen molar-refractivity contribution in [2.24, 2.45) is 5.92 Å². The van der Waals surface area contributed by atoms with Crippen molar-refractivity contribution < 1.29 is 23.8 Å². The molecule has 0 aliphatic carbocycles. The minimum Gasteiger partial charge on any atom is -0.468 e. The first-order valence-corrected chi connectivity index (χ1v) is 11.5. The largest absolute Gasteiger partial charge is 0.468 e. The highest BCUT2D eigenvalue weighted by atomic mass is 16.5. The zero-order valence-electron chi connectivity index (χ0n) is 21.6. The third kappa shape index (κ3) is 25.4. The molecule has 0 saturated carbocycles. The van der Waals surface area contributed by atoms with Crippen molar-refractivity contribution in [1.82, 2.24) is 15.5 Å². The molecule has 1 rings (SSSR count). The van der Waals surface area contributed by atoms with Crippen molar-refractivity contribution in [3.8, 4) is 0 Å². The fraction of sp³-hybridized carbons (Fsp3) is 0.923. The summed E-state index contributed by atoms with van der Waals surface area (Å²) in [6.07, 6.45) is 0. The number of nitrogens with one attached hydrogen (secondary N) is 2. The van der Waals surface area contributed by atoms with Crippen molar-refractivity contribution in [1.29, 1.82) is 0 Å². The zero-order chi connectivity index (χ0) is 24.4. The maximum absolute atomic E-state index is 11.2. The summed E-state index contributed by atoms with van der Waals surface area (Å²) in [6.45, 7) is 23.1. The number of rotatable bonds is 9. The summed E-state index contributed by atoms with van der Waals surface area (Å²) >= 11 is 0. The summed E-state index contributed by atoms with van der Waals surface area (Å²) in [5, 5.41) is 6.11. The highest BCUT2D eigenvalue weighted by Crippen LogP contribution is 2.04. The molecule has 0 unspecified atom stereocenters. The van der Waals surface area contributed by atoms with Crippen LogP contribution in [-0.4, -0.2) is 87.6 Å². The molecule has 0 aromatic carbocycles. The number of ether oxygens (including phenoxy) is 3. The van der Waals surface area contributed by atoms with Gasteiger partial charge >= 0.3 is 11.9 Å². The molecule has 1 aliphatic heterocycles. The van der Waals surface area contributed by atoms with E-state index in [1.54, 1.807) is 6.92 Å². The van der Waals surface area contributed by atoms with E-state index >= 15 is 0 Å². The van der Waals surface area contributed by atoms with Crippen molar-refractivity contribution >= 4 is 11.9 Å². The fourth-order valence-corrected chi connectivity index (χ4v) is 2.61. The Bertz CT molecular complexity index is 452. The number of methoxy groups -OCH3 is 1. The van der Waals surface area contributed by atoms with Crippen LogP contribution in [0.4, 0.5) is 0 Å². The lowest BCUT2D eigenvalue weighted by molar-refractivity contribution is -0.144. The van der Waals surface area contributed by atoms with Gasteiger partial charge < -0.3 is 24.8 Å². The molecular formula is C26H61N3O5.